The first-order valence-electron chi connectivity index (χ1n) is 12.8. The molecule has 39 heavy (non-hydrogen) atoms. The number of nitrogens with zero attached hydrogens (tertiary/aromatic N) is 3. The van der Waals surface area contributed by atoms with E-state index in [1.807, 2.05) is 59.5 Å². The van der Waals surface area contributed by atoms with Crippen molar-refractivity contribution < 1.29 is 18.7 Å². The Bertz CT molecular complexity index is 1540. The Balaban J connectivity index is 1.17. The minimum Gasteiger partial charge on any atom is -0.457 e. The van der Waals surface area contributed by atoms with Gasteiger partial charge in [0.05, 0.1) is 11.8 Å². The summed E-state index contributed by atoms with van der Waals surface area (Å²) in [6, 6.07) is 25.6. The zero-order valence-corrected chi connectivity index (χ0v) is 21.8. The topological polar surface area (TPSA) is 62.7 Å². The lowest BCUT2D eigenvalue weighted by Crippen LogP contribution is -2.47. The van der Waals surface area contributed by atoms with E-state index in [4.69, 9.17) is 16.3 Å². The molecule has 0 atom stereocenters. The van der Waals surface area contributed by atoms with Crippen molar-refractivity contribution in [2.45, 2.75) is 18.3 Å². The minimum atomic E-state index is -0.614. The highest BCUT2D eigenvalue weighted by Gasteiger charge is 2.47. The van der Waals surface area contributed by atoms with Gasteiger partial charge in [0.2, 0.25) is 0 Å². The van der Waals surface area contributed by atoms with E-state index in [2.05, 4.69) is 4.98 Å². The van der Waals surface area contributed by atoms with E-state index in [0.29, 0.717) is 43.8 Å². The van der Waals surface area contributed by atoms with Crippen molar-refractivity contribution in [1.82, 2.24) is 9.88 Å². The van der Waals surface area contributed by atoms with Crippen LogP contribution in [0.3, 0.4) is 0 Å². The number of ether oxygens (including phenoxy) is 1. The molecule has 2 aliphatic heterocycles. The van der Waals surface area contributed by atoms with Crippen LogP contribution in [0.15, 0.2) is 91.1 Å². The summed E-state index contributed by atoms with van der Waals surface area (Å²) in [5.41, 5.74) is 2.19. The molecule has 0 radical (unpaired) electrons. The van der Waals surface area contributed by atoms with Crippen LogP contribution >= 0.6 is 11.6 Å². The van der Waals surface area contributed by atoms with Gasteiger partial charge in [-0.1, -0.05) is 48.0 Å². The number of hydrogen-bond acceptors (Lipinski definition) is 4. The Kier molecular flexibility index (Phi) is 6.53. The third kappa shape index (κ3) is 4.74. The standard InChI is InChI=1S/C31H25ClFN3O3/c32-28-25(18-22(33)19-34-28)30(38)36-20-31(26-8-4-5-9-27(26)36)14-16-35(17-15-31)29(37)21-10-12-24(13-11-21)39-23-6-2-1-3-7-23/h1-13,18-19H,14-17,20H2. The van der Waals surface area contributed by atoms with Crippen molar-refractivity contribution in [3.8, 4) is 11.5 Å². The number of carbonyl (C=O) groups excluding carboxylic acids is 2. The largest absolute Gasteiger partial charge is 0.457 e. The van der Waals surface area contributed by atoms with Gasteiger partial charge >= 0.3 is 0 Å². The molecule has 1 aromatic heterocycles. The van der Waals surface area contributed by atoms with Crippen LogP contribution in [0.25, 0.3) is 0 Å². The Labute approximate surface area is 230 Å². The van der Waals surface area contributed by atoms with Crippen molar-refractivity contribution in [2.75, 3.05) is 24.5 Å². The number of para-hydroxylation sites is 2. The molecular weight excluding hydrogens is 517 g/mol. The predicted octanol–water partition coefficient (Wildman–Crippen LogP) is 6.50. The van der Waals surface area contributed by atoms with Crippen LogP contribution < -0.4 is 9.64 Å². The average Bonchev–Trinajstić information content (AvgIpc) is 3.29. The molecule has 1 spiro atoms. The maximum Gasteiger partial charge on any atom is 0.261 e. The molecule has 4 aromatic rings. The number of benzene rings is 3. The molecule has 196 valence electrons. The second kappa shape index (κ2) is 10.2. The van der Waals surface area contributed by atoms with Crippen LogP contribution in [-0.4, -0.2) is 41.3 Å². The molecule has 0 aliphatic carbocycles. The quantitative estimate of drug-likeness (QED) is 0.277. The van der Waals surface area contributed by atoms with Gasteiger partial charge in [-0.2, -0.15) is 0 Å². The first kappa shape index (κ1) is 25.1. The highest BCUT2D eigenvalue weighted by Crippen LogP contribution is 2.47. The Morgan fingerprint density at radius 3 is 2.28 bits per heavy atom. The fraction of sp³-hybridized carbons (Fsp3) is 0.194. The molecule has 8 heteroatoms. The van der Waals surface area contributed by atoms with E-state index < -0.39 is 5.82 Å². The molecule has 0 N–H and O–H groups in total. The number of amides is 2. The number of carbonyl (C=O) groups is 2. The second-order valence-corrected chi connectivity index (χ2v) is 10.3. The van der Waals surface area contributed by atoms with Gasteiger partial charge in [-0.05, 0) is 66.9 Å². The Hall–Kier alpha value is -4.23. The number of rotatable bonds is 4. The summed E-state index contributed by atoms with van der Waals surface area (Å²) < 4.78 is 19.7. The van der Waals surface area contributed by atoms with Gasteiger partial charge in [-0.25, -0.2) is 9.37 Å². The van der Waals surface area contributed by atoms with Gasteiger partial charge < -0.3 is 14.5 Å². The highest BCUT2D eigenvalue weighted by atomic mass is 35.5. The summed E-state index contributed by atoms with van der Waals surface area (Å²) in [6.45, 7) is 1.55. The number of hydrogen-bond donors (Lipinski definition) is 0. The Morgan fingerprint density at radius 1 is 0.872 bits per heavy atom. The van der Waals surface area contributed by atoms with Gasteiger partial charge in [0.1, 0.15) is 22.5 Å². The SMILES string of the molecule is O=C(c1ccc(Oc2ccccc2)cc1)N1CCC2(CC1)CN(C(=O)c1cc(F)cnc1Cl)c1ccccc12. The molecule has 0 unspecified atom stereocenters. The fourth-order valence-corrected chi connectivity index (χ4v) is 5.75. The zero-order chi connectivity index (χ0) is 27.0. The van der Waals surface area contributed by atoms with Crippen molar-refractivity contribution in [3.05, 3.63) is 119 Å². The summed E-state index contributed by atoms with van der Waals surface area (Å²) in [6.07, 6.45) is 2.39. The normalized spacial score (nSPS) is 15.7. The van der Waals surface area contributed by atoms with Crippen LogP contribution in [0.5, 0.6) is 11.5 Å². The summed E-state index contributed by atoms with van der Waals surface area (Å²) in [4.78, 5) is 34.1. The smallest absolute Gasteiger partial charge is 0.261 e. The van der Waals surface area contributed by atoms with Crippen molar-refractivity contribution >= 4 is 29.1 Å². The average molecular weight is 542 g/mol. The van der Waals surface area contributed by atoms with E-state index in [0.717, 1.165) is 29.3 Å². The number of pyridine rings is 1. The number of likely N-dealkylation sites (tertiary alicyclic amines) is 1. The van der Waals surface area contributed by atoms with Crippen molar-refractivity contribution in [3.63, 3.8) is 0 Å². The van der Waals surface area contributed by atoms with Gasteiger partial charge in [-0.15, -0.1) is 0 Å². The molecule has 1 saturated heterocycles. The molecule has 6 nitrogen and oxygen atoms in total. The highest BCUT2D eigenvalue weighted by molar-refractivity contribution is 6.33. The molecule has 1 fully saturated rings. The summed E-state index contributed by atoms with van der Waals surface area (Å²) in [5.74, 6) is 0.367. The monoisotopic (exact) mass is 541 g/mol. The summed E-state index contributed by atoms with van der Waals surface area (Å²) >= 11 is 6.16. The first-order valence-corrected chi connectivity index (χ1v) is 13.2. The van der Waals surface area contributed by atoms with Crippen molar-refractivity contribution in [1.29, 1.82) is 0 Å². The van der Waals surface area contributed by atoms with E-state index in [1.165, 1.54) is 0 Å². The number of halogens is 2. The molecule has 0 saturated carbocycles. The summed E-state index contributed by atoms with van der Waals surface area (Å²) in [7, 11) is 0. The van der Waals surface area contributed by atoms with Crippen LogP contribution in [0.1, 0.15) is 39.1 Å². The maximum atomic E-state index is 13.9. The number of aromatic nitrogens is 1. The van der Waals surface area contributed by atoms with Crippen molar-refractivity contribution in [2.24, 2.45) is 0 Å². The maximum absolute atomic E-state index is 13.9. The lowest BCUT2D eigenvalue weighted by Gasteiger charge is -2.40. The Morgan fingerprint density at radius 2 is 1.54 bits per heavy atom. The summed E-state index contributed by atoms with van der Waals surface area (Å²) in [5, 5.41) is -0.0274. The fourth-order valence-electron chi connectivity index (χ4n) is 5.57. The zero-order valence-electron chi connectivity index (χ0n) is 21.0. The molecule has 0 bridgehead atoms. The van der Waals surface area contributed by atoms with Gasteiger partial charge in [-0.3, -0.25) is 9.59 Å². The van der Waals surface area contributed by atoms with Crippen LogP contribution in [0.2, 0.25) is 5.15 Å². The number of anilines is 1. The number of piperidine rings is 1. The molecule has 3 heterocycles. The molecule has 2 amide bonds. The van der Waals surface area contributed by atoms with Gasteiger partial charge in [0, 0.05) is 36.3 Å². The number of fused-ring (bicyclic) bond motifs is 2. The lowest BCUT2D eigenvalue weighted by molar-refractivity contribution is 0.0671. The van der Waals surface area contributed by atoms with Gasteiger partial charge in [0.15, 0.2) is 0 Å². The molecular formula is C31H25ClFN3O3. The van der Waals surface area contributed by atoms with E-state index in [9.17, 15) is 14.0 Å². The van der Waals surface area contributed by atoms with E-state index in [1.54, 1.807) is 29.2 Å². The third-order valence-electron chi connectivity index (χ3n) is 7.60. The first-order chi connectivity index (χ1) is 18.9. The van der Waals surface area contributed by atoms with Crippen LogP contribution in [-0.2, 0) is 5.41 Å². The molecule has 3 aromatic carbocycles. The van der Waals surface area contributed by atoms with Gasteiger partial charge in [0.25, 0.3) is 11.8 Å². The minimum absolute atomic E-state index is 0.0274. The van der Waals surface area contributed by atoms with Crippen LogP contribution in [0.4, 0.5) is 10.1 Å². The molecule has 2 aliphatic rings. The third-order valence-corrected chi connectivity index (χ3v) is 7.90. The predicted molar refractivity (Wildman–Crippen MR) is 147 cm³/mol. The lowest BCUT2D eigenvalue weighted by atomic mass is 9.74. The molecule has 6 rings (SSSR count). The van der Waals surface area contributed by atoms with Crippen LogP contribution in [0, 0.1) is 5.82 Å². The van der Waals surface area contributed by atoms with E-state index >= 15 is 0 Å². The van der Waals surface area contributed by atoms with E-state index in [-0.39, 0.29) is 27.9 Å². The second-order valence-electron chi connectivity index (χ2n) is 9.91.